The van der Waals surface area contributed by atoms with Gasteiger partial charge in [-0.05, 0) is 12.1 Å². The van der Waals surface area contributed by atoms with Gasteiger partial charge < -0.3 is 4.52 Å². The van der Waals surface area contributed by atoms with E-state index in [1.165, 1.54) is 0 Å². The summed E-state index contributed by atoms with van der Waals surface area (Å²) in [5, 5.41) is 0. The summed E-state index contributed by atoms with van der Waals surface area (Å²) in [7, 11) is -0.305. The molecule has 0 aliphatic heterocycles. The van der Waals surface area contributed by atoms with E-state index in [-0.39, 0.29) is 8.69 Å². The predicted octanol–water partition coefficient (Wildman–Crippen LogP) is 2.27. The number of para-hydroxylation sites is 1. The van der Waals surface area contributed by atoms with Crippen LogP contribution in [0.1, 0.15) is 0 Å². The van der Waals surface area contributed by atoms with Crippen molar-refractivity contribution < 1.29 is 9.09 Å². The molecule has 1 aromatic carbocycles. The van der Waals surface area contributed by atoms with Gasteiger partial charge in [-0.3, -0.25) is 0 Å². The fourth-order valence-corrected chi connectivity index (χ4v) is 0.732. The van der Waals surface area contributed by atoms with E-state index in [9.17, 15) is 4.57 Å². The van der Waals surface area contributed by atoms with Gasteiger partial charge in [-0.15, -0.1) is 0 Å². The van der Waals surface area contributed by atoms with E-state index in [4.69, 9.17) is 0 Å². The van der Waals surface area contributed by atoms with Gasteiger partial charge >= 0.3 is 8.69 Å². The van der Waals surface area contributed by atoms with Crippen LogP contribution in [0.25, 0.3) is 0 Å². The molecule has 9 heavy (non-hydrogen) atoms. The Morgan fingerprint density at radius 1 is 1.22 bits per heavy atom. The Balaban J connectivity index is 2.72. The van der Waals surface area contributed by atoms with Crippen molar-refractivity contribution in [2.24, 2.45) is 0 Å². The summed E-state index contributed by atoms with van der Waals surface area (Å²) in [6, 6.07) is 8.99. The first-order chi connectivity index (χ1) is 4.43. The van der Waals surface area contributed by atoms with E-state index < -0.39 is 0 Å². The average molecular weight is 140 g/mol. The topological polar surface area (TPSA) is 26.3 Å². The van der Waals surface area contributed by atoms with Crippen molar-refractivity contribution >= 4 is 8.69 Å². The fraction of sp³-hybridized carbons (Fsp3) is 0. The Labute approximate surface area is 54.8 Å². The molecule has 3 heteroatoms. The van der Waals surface area contributed by atoms with Gasteiger partial charge in [0.15, 0.2) is 0 Å². The van der Waals surface area contributed by atoms with Crippen LogP contribution in [0.3, 0.4) is 0 Å². The Morgan fingerprint density at radius 2 is 1.89 bits per heavy atom. The van der Waals surface area contributed by atoms with Gasteiger partial charge in [-0.2, -0.15) is 0 Å². The molecule has 0 atom stereocenters. The van der Waals surface area contributed by atoms with Crippen molar-refractivity contribution in [1.82, 2.24) is 0 Å². The molecule has 0 bridgehead atoms. The molecule has 0 N–H and O–H groups in total. The van der Waals surface area contributed by atoms with Gasteiger partial charge in [-0.1, -0.05) is 18.2 Å². The standard InChI is InChI=1S/C6H5O2P/c7-9-8-6-4-2-1-3-5-6/h1-5H. The minimum Gasteiger partial charge on any atom is -0.408 e. The maximum Gasteiger partial charge on any atom is 0.395 e. The van der Waals surface area contributed by atoms with E-state index >= 15 is 0 Å². The maximum atomic E-state index is 9.85. The second-order valence-electron chi connectivity index (χ2n) is 1.48. The van der Waals surface area contributed by atoms with Crippen molar-refractivity contribution in [3.8, 4) is 5.75 Å². The molecular formula is C6H5O2P. The van der Waals surface area contributed by atoms with E-state index in [1.807, 2.05) is 18.2 Å². The highest BCUT2D eigenvalue weighted by Gasteiger charge is 1.85. The lowest BCUT2D eigenvalue weighted by Gasteiger charge is -1.90. The predicted molar refractivity (Wildman–Crippen MR) is 34.7 cm³/mol. The minimum absolute atomic E-state index is 0.305. The molecule has 0 aliphatic rings. The van der Waals surface area contributed by atoms with Gasteiger partial charge in [0.25, 0.3) is 0 Å². The monoisotopic (exact) mass is 140 g/mol. The lowest BCUT2D eigenvalue weighted by atomic mass is 10.3. The minimum atomic E-state index is -0.305. The van der Waals surface area contributed by atoms with Gasteiger partial charge in [0.1, 0.15) is 5.75 Å². The van der Waals surface area contributed by atoms with Crippen LogP contribution in [0.4, 0.5) is 0 Å². The third-order valence-electron chi connectivity index (χ3n) is 0.886. The first-order valence-electron chi connectivity index (χ1n) is 2.48. The molecule has 1 rings (SSSR count). The van der Waals surface area contributed by atoms with Crippen LogP contribution in [-0.4, -0.2) is 0 Å². The molecule has 0 aliphatic carbocycles. The Kier molecular flexibility index (Phi) is 2.22. The summed E-state index contributed by atoms with van der Waals surface area (Å²) in [6.45, 7) is 0. The Hall–Kier alpha value is -0.880. The van der Waals surface area contributed by atoms with Gasteiger partial charge in [0.05, 0.1) is 0 Å². The van der Waals surface area contributed by atoms with Gasteiger partial charge in [-0.25, -0.2) is 4.57 Å². The Bertz CT molecular complexity index is 186. The molecular weight excluding hydrogens is 135 g/mol. The van der Waals surface area contributed by atoms with Crippen LogP contribution in [0.2, 0.25) is 0 Å². The van der Waals surface area contributed by atoms with Crippen molar-refractivity contribution in [1.29, 1.82) is 0 Å². The Morgan fingerprint density at radius 3 is 2.44 bits per heavy atom. The lowest BCUT2D eigenvalue weighted by Crippen LogP contribution is -1.70. The molecule has 0 radical (unpaired) electrons. The van der Waals surface area contributed by atoms with Crippen molar-refractivity contribution in [3.63, 3.8) is 0 Å². The zero-order valence-electron chi connectivity index (χ0n) is 4.65. The van der Waals surface area contributed by atoms with Crippen LogP contribution in [0.15, 0.2) is 30.3 Å². The molecule has 0 aromatic heterocycles. The highest BCUT2D eigenvalue weighted by atomic mass is 31.1. The molecule has 0 fully saturated rings. The molecule has 0 heterocycles. The molecule has 0 amide bonds. The third-order valence-corrected chi connectivity index (χ3v) is 1.17. The smallest absolute Gasteiger partial charge is 0.395 e. The molecule has 46 valence electrons. The van der Waals surface area contributed by atoms with Crippen LogP contribution in [0, 0.1) is 0 Å². The molecule has 0 unspecified atom stereocenters. The summed E-state index contributed by atoms with van der Waals surface area (Å²) >= 11 is 0. The fourth-order valence-electron chi connectivity index (χ4n) is 0.524. The van der Waals surface area contributed by atoms with E-state index in [0.29, 0.717) is 5.75 Å². The second kappa shape index (κ2) is 3.21. The van der Waals surface area contributed by atoms with Crippen LogP contribution in [-0.2, 0) is 4.57 Å². The van der Waals surface area contributed by atoms with Crippen LogP contribution in [0.5, 0.6) is 5.75 Å². The highest BCUT2D eigenvalue weighted by Crippen LogP contribution is 2.12. The van der Waals surface area contributed by atoms with Crippen molar-refractivity contribution in [3.05, 3.63) is 30.3 Å². The number of rotatable bonds is 2. The summed E-state index contributed by atoms with van der Waals surface area (Å²) in [5.41, 5.74) is 0. The van der Waals surface area contributed by atoms with Crippen LogP contribution >= 0.6 is 8.69 Å². The number of hydrogen-bond donors (Lipinski definition) is 0. The SMILES string of the molecule is O=POc1ccccc1. The zero-order chi connectivity index (χ0) is 6.53. The normalized spacial score (nSPS) is 9.33. The first kappa shape index (κ1) is 6.24. The molecule has 1 aromatic rings. The van der Waals surface area contributed by atoms with Gasteiger partial charge in [0.2, 0.25) is 0 Å². The second-order valence-corrected chi connectivity index (χ2v) is 1.81. The third kappa shape index (κ3) is 1.82. The van der Waals surface area contributed by atoms with Gasteiger partial charge in [0, 0.05) is 0 Å². The molecule has 2 nitrogen and oxygen atoms in total. The lowest BCUT2D eigenvalue weighted by molar-refractivity contribution is 0.525. The summed E-state index contributed by atoms with van der Waals surface area (Å²) in [6.07, 6.45) is 0. The van der Waals surface area contributed by atoms with E-state index in [2.05, 4.69) is 4.52 Å². The largest absolute Gasteiger partial charge is 0.408 e. The summed E-state index contributed by atoms with van der Waals surface area (Å²) in [5.74, 6) is 0.620. The molecule has 0 saturated carbocycles. The van der Waals surface area contributed by atoms with E-state index in [0.717, 1.165) is 0 Å². The van der Waals surface area contributed by atoms with Crippen LogP contribution < -0.4 is 4.52 Å². The van der Waals surface area contributed by atoms with Crippen molar-refractivity contribution in [2.75, 3.05) is 0 Å². The number of benzene rings is 1. The number of hydrogen-bond acceptors (Lipinski definition) is 2. The molecule has 0 spiro atoms. The van der Waals surface area contributed by atoms with Crippen molar-refractivity contribution in [2.45, 2.75) is 0 Å². The molecule has 0 saturated heterocycles. The van der Waals surface area contributed by atoms with E-state index in [1.54, 1.807) is 12.1 Å². The summed E-state index contributed by atoms with van der Waals surface area (Å²) < 4.78 is 14.5. The summed E-state index contributed by atoms with van der Waals surface area (Å²) in [4.78, 5) is 0. The zero-order valence-corrected chi connectivity index (χ0v) is 5.54. The quantitative estimate of drug-likeness (QED) is 0.589. The highest BCUT2D eigenvalue weighted by molar-refractivity contribution is 7.17. The maximum absolute atomic E-state index is 9.85. The first-order valence-corrected chi connectivity index (χ1v) is 3.21. The average Bonchev–Trinajstić information content (AvgIpc) is 1.91.